The van der Waals surface area contributed by atoms with Crippen molar-refractivity contribution in [3.8, 4) is 0 Å². The van der Waals surface area contributed by atoms with E-state index < -0.39 is 6.04 Å². The van der Waals surface area contributed by atoms with Crippen LogP contribution >= 0.6 is 0 Å². The highest BCUT2D eigenvalue weighted by molar-refractivity contribution is 5.92. The van der Waals surface area contributed by atoms with Crippen LogP contribution in [-0.2, 0) is 14.4 Å². The summed E-state index contributed by atoms with van der Waals surface area (Å²) in [6, 6.07) is -0.642. The van der Waals surface area contributed by atoms with Gasteiger partial charge in [0.15, 0.2) is 0 Å². The Morgan fingerprint density at radius 2 is 2.04 bits per heavy atom. The summed E-state index contributed by atoms with van der Waals surface area (Å²) in [5.74, 6) is -0.359. The average molecular weight is 366 g/mol. The molecule has 0 aromatic heterocycles. The van der Waals surface area contributed by atoms with E-state index in [-0.39, 0.29) is 36.1 Å². The number of carbonyl (C=O) groups excluding carboxylic acids is 3. The molecule has 0 aromatic carbocycles. The molecule has 2 heterocycles. The van der Waals surface area contributed by atoms with E-state index in [1.54, 1.807) is 0 Å². The van der Waals surface area contributed by atoms with Gasteiger partial charge in [0.05, 0.1) is 19.0 Å². The lowest BCUT2D eigenvalue weighted by atomic mass is 9.84. The summed E-state index contributed by atoms with van der Waals surface area (Å²) in [6.45, 7) is 4.98. The molecule has 3 aliphatic rings. The Morgan fingerprint density at radius 3 is 2.85 bits per heavy atom. The molecule has 0 aromatic rings. The van der Waals surface area contributed by atoms with E-state index >= 15 is 0 Å². The van der Waals surface area contributed by atoms with E-state index in [0.717, 1.165) is 58.4 Å². The van der Waals surface area contributed by atoms with Gasteiger partial charge in [0, 0.05) is 25.6 Å². The Balaban J connectivity index is 1.36. The van der Waals surface area contributed by atoms with E-state index in [4.69, 9.17) is 0 Å². The molecule has 0 radical (unpaired) electrons. The molecule has 0 spiro atoms. The predicted octanol–water partition coefficient (Wildman–Crippen LogP) is -1.72. The van der Waals surface area contributed by atoms with Gasteiger partial charge in [0.2, 0.25) is 17.7 Å². The zero-order valence-corrected chi connectivity index (χ0v) is 15.5. The van der Waals surface area contributed by atoms with E-state index in [1.165, 1.54) is 0 Å². The van der Waals surface area contributed by atoms with Gasteiger partial charge in [-0.2, -0.15) is 0 Å². The largest absolute Gasteiger partial charge is 0.356 e. The van der Waals surface area contributed by atoms with Gasteiger partial charge in [-0.05, 0) is 25.7 Å². The van der Waals surface area contributed by atoms with Gasteiger partial charge < -0.3 is 21.3 Å². The van der Waals surface area contributed by atoms with Crippen molar-refractivity contribution < 1.29 is 19.7 Å². The molecular weight excluding hydrogens is 334 g/mol. The molecule has 0 bridgehead atoms. The van der Waals surface area contributed by atoms with Gasteiger partial charge in [-0.3, -0.25) is 19.3 Å². The van der Waals surface area contributed by atoms with E-state index in [1.807, 2.05) is 0 Å². The van der Waals surface area contributed by atoms with Gasteiger partial charge in [-0.15, -0.1) is 0 Å². The number of amides is 3. The number of hydrogen-bond acceptors (Lipinski definition) is 4. The summed E-state index contributed by atoms with van der Waals surface area (Å²) in [5.41, 5.74) is 0. The van der Waals surface area contributed by atoms with Gasteiger partial charge in [-0.1, -0.05) is 12.8 Å². The SMILES string of the molecule is O=C(CC[C@@H]1NC(=O)C2CCCCC2NC1=O)NCCCN1CC[NH2+]C1. The van der Waals surface area contributed by atoms with Crippen LogP contribution in [0, 0.1) is 5.92 Å². The third-order valence-electron chi connectivity index (χ3n) is 5.73. The molecule has 146 valence electrons. The van der Waals surface area contributed by atoms with Crippen molar-refractivity contribution in [2.24, 2.45) is 5.92 Å². The zero-order chi connectivity index (χ0) is 18.4. The highest BCUT2D eigenvalue weighted by Gasteiger charge is 2.38. The Hall–Kier alpha value is -1.67. The van der Waals surface area contributed by atoms with Crippen molar-refractivity contribution >= 4 is 17.7 Å². The summed E-state index contributed by atoms with van der Waals surface area (Å²) in [7, 11) is 0. The smallest absolute Gasteiger partial charge is 0.242 e. The maximum atomic E-state index is 12.4. The Morgan fingerprint density at radius 1 is 1.19 bits per heavy atom. The molecule has 3 atom stereocenters. The van der Waals surface area contributed by atoms with Gasteiger partial charge in [-0.25, -0.2) is 0 Å². The molecule has 26 heavy (non-hydrogen) atoms. The monoisotopic (exact) mass is 366 g/mol. The molecule has 8 heteroatoms. The minimum absolute atomic E-state index is 0.0409. The van der Waals surface area contributed by atoms with Gasteiger partial charge >= 0.3 is 0 Å². The van der Waals surface area contributed by atoms with Crippen LogP contribution in [-0.4, -0.2) is 67.6 Å². The normalized spacial score (nSPS) is 29.5. The Bertz CT molecular complexity index is 521. The highest BCUT2D eigenvalue weighted by Crippen LogP contribution is 2.26. The van der Waals surface area contributed by atoms with Crippen LogP contribution in [0.1, 0.15) is 44.9 Å². The Labute approximate surface area is 154 Å². The summed E-state index contributed by atoms with van der Waals surface area (Å²) >= 11 is 0. The number of hydrogen-bond donors (Lipinski definition) is 4. The van der Waals surface area contributed by atoms with Crippen molar-refractivity contribution in [2.45, 2.75) is 57.0 Å². The number of carbonyl (C=O) groups is 3. The van der Waals surface area contributed by atoms with E-state index in [2.05, 4.69) is 26.2 Å². The second kappa shape index (κ2) is 9.32. The molecule has 2 unspecified atom stereocenters. The third-order valence-corrected chi connectivity index (χ3v) is 5.73. The van der Waals surface area contributed by atoms with Crippen LogP contribution in [0.3, 0.4) is 0 Å². The second-order valence-electron chi connectivity index (χ2n) is 7.69. The third kappa shape index (κ3) is 5.17. The standard InChI is InChI=1S/C18H31N5O3/c24-16(20-8-3-10-23-11-9-19-12-23)7-6-15-18(26)21-14-5-2-1-4-13(14)17(25)22-15/h13-15,19H,1-12H2,(H,20,24)(H,21,26)(H,22,25)/p+1/t13?,14?,15-/m0/s1. The molecule has 1 aliphatic carbocycles. The maximum Gasteiger partial charge on any atom is 0.242 e. The van der Waals surface area contributed by atoms with Crippen LogP contribution in [0.5, 0.6) is 0 Å². The van der Waals surface area contributed by atoms with Crippen LogP contribution in [0.2, 0.25) is 0 Å². The van der Waals surface area contributed by atoms with E-state index in [0.29, 0.717) is 13.0 Å². The summed E-state index contributed by atoms with van der Waals surface area (Å²) in [4.78, 5) is 39.1. The fourth-order valence-electron chi connectivity index (χ4n) is 4.18. The lowest BCUT2D eigenvalue weighted by Crippen LogP contribution is -2.82. The number of quaternary nitrogens is 1. The average Bonchev–Trinajstić information content (AvgIpc) is 3.11. The molecule has 2 aliphatic heterocycles. The molecule has 8 nitrogen and oxygen atoms in total. The zero-order valence-electron chi connectivity index (χ0n) is 15.5. The molecule has 3 rings (SSSR count). The van der Waals surface area contributed by atoms with Crippen LogP contribution in [0.4, 0.5) is 0 Å². The molecule has 3 amide bonds. The van der Waals surface area contributed by atoms with Crippen molar-refractivity contribution in [3.05, 3.63) is 0 Å². The van der Waals surface area contributed by atoms with Crippen molar-refractivity contribution in [2.75, 3.05) is 32.8 Å². The molecular formula is C18H32N5O3+. The van der Waals surface area contributed by atoms with Crippen molar-refractivity contribution in [3.63, 3.8) is 0 Å². The summed E-state index contributed by atoms with van der Waals surface area (Å²) in [6.07, 6.45) is 5.33. The summed E-state index contributed by atoms with van der Waals surface area (Å²) in [5, 5.41) is 11.0. The van der Waals surface area contributed by atoms with Crippen LogP contribution in [0.25, 0.3) is 0 Å². The minimum Gasteiger partial charge on any atom is -0.356 e. The van der Waals surface area contributed by atoms with Gasteiger partial charge in [0.25, 0.3) is 0 Å². The quantitative estimate of drug-likeness (QED) is 0.402. The first-order chi connectivity index (χ1) is 12.6. The highest BCUT2D eigenvalue weighted by atomic mass is 16.2. The van der Waals surface area contributed by atoms with Crippen molar-refractivity contribution in [1.29, 1.82) is 0 Å². The lowest BCUT2D eigenvalue weighted by Gasteiger charge is -2.28. The maximum absolute atomic E-state index is 12.4. The van der Waals surface area contributed by atoms with Crippen LogP contribution < -0.4 is 21.3 Å². The van der Waals surface area contributed by atoms with Crippen LogP contribution in [0.15, 0.2) is 0 Å². The topological polar surface area (TPSA) is 107 Å². The first-order valence-electron chi connectivity index (χ1n) is 10.0. The number of nitrogens with one attached hydrogen (secondary N) is 3. The minimum atomic E-state index is -0.598. The number of nitrogens with zero attached hydrogens (tertiary/aromatic N) is 1. The summed E-state index contributed by atoms with van der Waals surface area (Å²) < 4.78 is 0. The molecule has 3 fully saturated rings. The second-order valence-corrected chi connectivity index (χ2v) is 7.69. The van der Waals surface area contributed by atoms with Gasteiger partial charge in [0.1, 0.15) is 12.7 Å². The first-order valence-corrected chi connectivity index (χ1v) is 10.0. The first kappa shape index (κ1) is 19.1. The molecule has 1 saturated carbocycles. The number of nitrogens with two attached hydrogens (primary N) is 1. The fourth-order valence-corrected chi connectivity index (χ4v) is 4.18. The molecule has 5 N–H and O–H groups in total. The number of fused-ring (bicyclic) bond motifs is 1. The van der Waals surface area contributed by atoms with Crippen molar-refractivity contribution in [1.82, 2.24) is 20.9 Å². The Kier molecular flexibility index (Phi) is 6.85. The predicted molar refractivity (Wildman–Crippen MR) is 95.9 cm³/mol. The lowest BCUT2D eigenvalue weighted by molar-refractivity contribution is -0.642. The van der Waals surface area contributed by atoms with E-state index in [9.17, 15) is 14.4 Å². The number of rotatable bonds is 7. The molecule has 2 saturated heterocycles. The fraction of sp³-hybridized carbons (Fsp3) is 0.833.